The van der Waals surface area contributed by atoms with Crippen LogP contribution in [0.4, 0.5) is 0 Å². The van der Waals surface area contributed by atoms with E-state index in [2.05, 4.69) is 5.32 Å². The maximum atomic E-state index is 10.8. The third-order valence-corrected chi connectivity index (χ3v) is 2.94. The van der Waals surface area contributed by atoms with Gasteiger partial charge in [0.25, 0.3) is 0 Å². The molecule has 0 aliphatic carbocycles. The van der Waals surface area contributed by atoms with Gasteiger partial charge in [0, 0.05) is 17.6 Å². The number of aliphatic carboxylic acids is 1. The zero-order valence-corrected chi connectivity index (χ0v) is 9.66. The molecule has 4 nitrogen and oxygen atoms in total. The van der Waals surface area contributed by atoms with Crippen molar-refractivity contribution in [3.63, 3.8) is 0 Å². The predicted octanol–water partition coefficient (Wildman–Crippen LogP) is 1.37. The second-order valence-electron chi connectivity index (χ2n) is 3.22. The molecule has 0 heterocycles. The average Bonchev–Trinajstić information content (AvgIpc) is 2.25. The molecule has 0 saturated carbocycles. The van der Waals surface area contributed by atoms with Gasteiger partial charge in [0.1, 0.15) is 6.04 Å². The van der Waals surface area contributed by atoms with Crippen molar-refractivity contribution in [2.45, 2.75) is 17.9 Å². The maximum Gasteiger partial charge on any atom is 0.327 e. The number of hydrogen-bond donors (Lipinski definition) is 2. The number of amides is 1. The van der Waals surface area contributed by atoms with Gasteiger partial charge < -0.3 is 10.4 Å². The van der Waals surface area contributed by atoms with Crippen molar-refractivity contribution in [2.75, 3.05) is 5.75 Å². The molecule has 1 rings (SSSR count). The van der Waals surface area contributed by atoms with E-state index in [9.17, 15) is 9.59 Å². The molecule has 2 N–H and O–H groups in total. The number of carbonyl (C=O) groups excluding carboxylic acids is 1. The van der Waals surface area contributed by atoms with Crippen molar-refractivity contribution in [2.24, 2.45) is 0 Å². The molecule has 16 heavy (non-hydrogen) atoms. The number of benzene rings is 1. The van der Waals surface area contributed by atoms with Crippen LogP contribution in [0.5, 0.6) is 0 Å². The highest BCUT2D eigenvalue weighted by molar-refractivity contribution is 7.99. The fourth-order valence-corrected chi connectivity index (χ4v) is 2.05. The van der Waals surface area contributed by atoms with Crippen molar-refractivity contribution in [3.05, 3.63) is 30.3 Å². The summed E-state index contributed by atoms with van der Waals surface area (Å²) in [5.74, 6) is -1.03. The molecule has 0 aliphatic rings. The van der Waals surface area contributed by atoms with Gasteiger partial charge in [0.2, 0.25) is 5.91 Å². The summed E-state index contributed by atoms with van der Waals surface area (Å²) in [4.78, 5) is 22.6. The van der Waals surface area contributed by atoms with Crippen molar-refractivity contribution in [1.29, 1.82) is 0 Å². The van der Waals surface area contributed by atoms with Crippen LogP contribution in [0.3, 0.4) is 0 Å². The van der Waals surface area contributed by atoms with Gasteiger partial charge in [-0.1, -0.05) is 18.2 Å². The van der Waals surface area contributed by atoms with Gasteiger partial charge in [-0.25, -0.2) is 4.79 Å². The Hall–Kier alpha value is -1.49. The minimum atomic E-state index is -1.02. The van der Waals surface area contributed by atoms with Crippen LogP contribution in [0.15, 0.2) is 35.2 Å². The lowest BCUT2D eigenvalue weighted by Crippen LogP contribution is -2.41. The van der Waals surface area contributed by atoms with Crippen molar-refractivity contribution >= 4 is 23.6 Å². The summed E-state index contributed by atoms with van der Waals surface area (Å²) in [6, 6.07) is 8.62. The zero-order chi connectivity index (χ0) is 12.0. The van der Waals surface area contributed by atoms with Gasteiger partial charge in [-0.15, -0.1) is 11.8 Å². The van der Waals surface area contributed by atoms with E-state index in [1.54, 1.807) is 0 Å². The average molecular weight is 245 g/mol. The molecule has 0 radical (unpaired) electrons. The van der Waals surface area contributed by atoms with Crippen LogP contribution in [-0.4, -0.2) is 28.8 Å². The Morgan fingerprint density at radius 3 is 2.50 bits per heavy atom. The molecule has 5 heteroatoms. The number of hydrogen-bond acceptors (Lipinski definition) is 3. The van der Waals surface area contributed by atoms with E-state index < -0.39 is 12.0 Å². The van der Waals surface area contributed by atoms with Crippen molar-refractivity contribution in [1.82, 2.24) is 5.32 Å². The van der Waals surface area contributed by atoms with Gasteiger partial charge in [-0.3, -0.25) is 4.79 Å². The van der Waals surface area contributed by atoms with Crippen LogP contribution in [-0.2, 0) is 9.59 Å². The van der Waals surface area contributed by atoms with Crippen LogP contribution < -0.4 is 5.32 Å². The number of carboxylic acid groups (broad SMARTS) is 1. The second kappa shape index (κ2) is 6.17. The first kappa shape index (κ1) is 12.6. The van der Waals surface area contributed by atoms with Crippen molar-refractivity contribution in [3.8, 4) is 0 Å². The zero-order valence-electron chi connectivity index (χ0n) is 8.84. The maximum absolute atomic E-state index is 10.8. The van der Waals surface area contributed by atoms with Crippen LogP contribution in [0.25, 0.3) is 0 Å². The molecule has 0 bridgehead atoms. The van der Waals surface area contributed by atoms with Crippen LogP contribution in [0.2, 0.25) is 0 Å². The minimum absolute atomic E-state index is 0.318. The van der Waals surface area contributed by atoms with Crippen molar-refractivity contribution < 1.29 is 14.7 Å². The van der Waals surface area contributed by atoms with Gasteiger partial charge in [0.15, 0.2) is 0 Å². The second-order valence-corrected chi connectivity index (χ2v) is 4.31. The van der Waals surface area contributed by atoms with E-state index in [0.29, 0.717) is 5.75 Å². The SMILES string of the molecule is CC(=O)N[C@H](CS[13c]1[13cH][13cH][13cH][13cH][13cH]1)C(=O)O. The van der Waals surface area contributed by atoms with E-state index in [-0.39, 0.29) is 5.91 Å². The summed E-state index contributed by atoms with van der Waals surface area (Å²) < 4.78 is 0. The Balaban J connectivity index is 2.50. The van der Waals surface area contributed by atoms with E-state index in [4.69, 9.17) is 5.11 Å². The fourth-order valence-electron chi connectivity index (χ4n) is 1.12. The van der Waals surface area contributed by atoms with Gasteiger partial charge in [0.05, 0.1) is 0 Å². The number of thioether (sulfide) groups is 1. The summed E-state index contributed by atoms with van der Waals surface area (Å²) in [5, 5.41) is 11.3. The predicted molar refractivity (Wildman–Crippen MR) is 62.4 cm³/mol. The molecule has 1 aromatic carbocycles. The summed E-state index contributed by atoms with van der Waals surface area (Å²) >= 11 is 1.40. The molecular weight excluding hydrogens is 232 g/mol. The number of carbonyl (C=O) groups is 2. The third kappa shape index (κ3) is 4.35. The van der Waals surface area contributed by atoms with Crippen LogP contribution >= 0.6 is 11.8 Å². The molecule has 0 saturated heterocycles. The van der Waals surface area contributed by atoms with Crippen LogP contribution in [0.1, 0.15) is 6.92 Å². The van der Waals surface area contributed by atoms with Crippen LogP contribution in [0, 0.1) is 0 Å². The summed E-state index contributed by atoms with van der Waals surface area (Å²) in [5.41, 5.74) is 0. The number of carboxylic acids is 1. The molecule has 0 aliphatic heterocycles. The Labute approximate surface area is 98.0 Å². The minimum Gasteiger partial charge on any atom is -0.480 e. The summed E-state index contributed by atoms with van der Waals surface area (Å²) in [6.07, 6.45) is 0. The molecule has 86 valence electrons. The molecule has 1 aromatic rings. The standard InChI is InChI=1S/C11H13NO3S/c1-8(13)12-10(11(14)15)7-16-9-5-3-2-4-6-9/h2-6,10H,7H2,1H3,(H,12,13)(H,14,15)/t10-/m1/s1/i2+1,3+1,4+1,5+1,6+1,9+1. The lowest BCUT2D eigenvalue weighted by Gasteiger charge is -2.12. The Kier molecular flexibility index (Phi) is 4.85. The molecule has 1 atom stereocenters. The lowest BCUT2D eigenvalue weighted by molar-refractivity contribution is -0.140. The Morgan fingerprint density at radius 2 is 2.00 bits per heavy atom. The lowest BCUT2D eigenvalue weighted by atomic mass is 10.3. The summed E-state index contributed by atoms with van der Waals surface area (Å²) in [6.45, 7) is 1.31. The smallest absolute Gasteiger partial charge is 0.327 e. The molecule has 0 fully saturated rings. The fraction of sp³-hybridized carbons (Fsp3) is 0.273. The molecular formula is C11H13NO3S. The largest absolute Gasteiger partial charge is 0.480 e. The Morgan fingerprint density at radius 1 is 1.38 bits per heavy atom. The monoisotopic (exact) mass is 245 g/mol. The first-order chi connectivity index (χ1) is 7.59. The highest BCUT2D eigenvalue weighted by Gasteiger charge is 2.18. The van der Waals surface area contributed by atoms with Gasteiger partial charge in [-0.05, 0) is 12.1 Å². The number of rotatable bonds is 5. The van der Waals surface area contributed by atoms with E-state index in [1.165, 1.54) is 18.7 Å². The quantitative estimate of drug-likeness (QED) is 0.769. The highest BCUT2D eigenvalue weighted by Crippen LogP contribution is 2.17. The van der Waals surface area contributed by atoms with Gasteiger partial charge in [-0.2, -0.15) is 0 Å². The normalized spacial score (nSPS) is 11.8. The molecule has 0 unspecified atom stereocenters. The molecule has 0 aromatic heterocycles. The molecule has 0 spiro atoms. The summed E-state index contributed by atoms with van der Waals surface area (Å²) in [7, 11) is 0. The van der Waals surface area contributed by atoms with E-state index >= 15 is 0 Å². The first-order valence-corrected chi connectivity index (χ1v) is 5.76. The topological polar surface area (TPSA) is 66.4 Å². The van der Waals surface area contributed by atoms with E-state index in [1.807, 2.05) is 30.3 Å². The third-order valence-electron chi connectivity index (χ3n) is 1.84. The number of nitrogens with one attached hydrogen (secondary N) is 1. The van der Waals surface area contributed by atoms with Gasteiger partial charge >= 0.3 is 5.97 Å². The highest BCUT2D eigenvalue weighted by atomic mass is 32.2. The van der Waals surface area contributed by atoms with E-state index in [0.717, 1.165) is 4.90 Å². The molecule has 1 amide bonds. The first-order valence-electron chi connectivity index (χ1n) is 4.77. The Bertz CT molecular complexity index is 367.